The molecule has 0 aromatic heterocycles. The monoisotopic (exact) mass is 379 g/mol. The summed E-state index contributed by atoms with van der Waals surface area (Å²) in [4.78, 5) is 17.6. The molecule has 4 rings (SSSR count). The highest BCUT2D eigenvalue weighted by atomic mass is 16.5. The van der Waals surface area contributed by atoms with Crippen molar-refractivity contribution >= 4 is 11.6 Å². The number of rotatable bonds is 5. The summed E-state index contributed by atoms with van der Waals surface area (Å²) < 4.78 is 5.74. The molecule has 2 aliphatic rings. The number of hydrogen-bond acceptors (Lipinski definition) is 4. The summed E-state index contributed by atoms with van der Waals surface area (Å²) in [6.07, 6.45) is 0.726. The molecule has 2 aromatic rings. The van der Waals surface area contributed by atoms with E-state index in [9.17, 15) is 4.79 Å². The molecule has 0 radical (unpaired) electrons. The van der Waals surface area contributed by atoms with Crippen LogP contribution < -0.4 is 10.1 Å². The fourth-order valence-corrected chi connectivity index (χ4v) is 3.96. The van der Waals surface area contributed by atoms with E-state index in [2.05, 4.69) is 34.2 Å². The minimum Gasteiger partial charge on any atom is -0.492 e. The third-order valence-corrected chi connectivity index (χ3v) is 5.79. The van der Waals surface area contributed by atoms with Gasteiger partial charge in [-0.25, -0.2) is 0 Å². The molecule has 2 aromatic carbocycles. The lowest BCUT2D eigenvalue weighted by molar-refractivity contribution is -0.121. The molecule has 28 heavy (non-hydrogen) atoms. The molecule has 0 bridgehead atoms. The summed E-state index contributed by atoms with van der Waals surface area (Å²) >= 11 is 0. The Morgan fingerprint density at radius 2 is 1.75 bits per heavy atom. The number of anilines is 1. The first-order valence-corrected chi connectivity index (χ1v) is 10.3. The Hall–Kier alpha value is -2.37. The number of nitrogens with one attached hydrogen (secondary N) is 1. The van der Waals surface area contributed by atoms with E-state index in [0.717, 1.165) is 62.7 Å². The Kier molecular flexibility index (Phi) is 5.93. The van der Waals surface area contributed by atoms with Gasteiger partial charge in [-0.15, -0.1) is 0 Å². The summed E-state index contributed by atoms with van der Waals surface area (Å²) in [5.74, 6) is 0.776. The van der Waals surface area contributed by atoms with Gasteiger partial charge in [-0.2, -0.15) is 0 Å². The van der Waals surface area contributed by atoms with Gasteiger partial charge in [0.2, 0.25) is 5.91 Å². The lowest BCUT2D eigenvalue weighted by Gasteiger charge is -2.34. The number of nitrogens with zero attached hydrogens (tertiary/aromatic N) is 2. The van der Waals surface area contributed by atoms with Crippen LogP contribution in [-0.4, -0.2) is 55.0 Å². The van der Waals surface area contributed by atoms with E-state index in [0.29, 0.717) is 6.61 Å². The maximum Gasteiger partial charge on any atom is 0.231 e. The van der Waals surface area contributed by atoms with Crippen molar-refractivity contribution in [2.24, 2.45) is 5.92 Å². The van der Waals surface area contributed by atoms with Crippen LogP contribution in [0.3, 0.4) is 0 Å². The lowest BCUT2D eigenvalue weighted by atomic mass is 9.96. The zero-order chi connectivity index (χ0) is 19.3. The van der Waals surface area contributed by atoms with Crippen LogP contribution in [0.4, 0.5) is 5.69 Å². The molecule has 1 saturated heterocycles. The minimum atomic E-state index is -0.149. The zero-order valence-electron chi connectivity index (χ0n) is 16.6. The molecule has 5 nitrogen and oxygen atoms in total. The average molecular weight is 380 g/mol. The number of likely N-dealkylation sites (N-methyl/N-ethyl adjacent to an activating group) is 1. The number of benzene rings is 2. The first-order chi connectivity index (χ1) is 13.7. The number of carbonyl (C=O) groups excluding carboxylic acids is 1. The van der Waals surface area contributed by atoms with E-state index < -0.39 is 0 Å². The molecule has 1 amide bonds. The van der Waals surface area contributed by atoms with E-state index in [1.165, 1.54) is 5.56 Å². The summed E-state index contributed by atoms with van der Waals surface area (Å²) in [7, 11) is 0. The van der Waals surface area contributed by atoms with Crippen molar-refractivity contribution in [1.82, 2.24) is 9.80 Å². The Morgan fingerprint density at radius 3 is 2.50 bits per heavy atom. The molecule has 0 saturated carbocycles. The second-order valence-corrected chi connectivity index (χ2v) is 7.72. The number of carbonyl (C=O) groups is 1. The minimum absolute atomic E-state index is 0.0259. The number of piperazine rings is 1. The van der Waals surface area contributed by atoms with Crippen LogP contribution in [0.1, 0.15) is 18.1 Å². The van der Waals surface area contributed by atoms with Gasteiger partial charge in [0, 0.05) is 38.4 Å². The number of amides is 1. The highest BCUT2D eigenvalue weighted by Crippen LogP contribution is 2.27. The van der Waals surface area contributed by atoms with Crippen LogP contribution in [0, 0.1) is 5.92 Å². The molecule has 2 aliphatic heterocycles. The van der Waals surface area contributed by atoms with Gasteiger partial charge in [0.25, 0.3) is 0 Å². The second kappa shape index (κ2) is 8.76. The van der Waals surface area contributed by atoms with Crippen LogP contribution in [0.25, 0.3) is 0 Å². The first-order valence-electron chi connectivity index (χ1n) is 10.3. The molecule has 1 fully saturated rings. The van der Waals surface area contributed by atoms with Crippen molar-refractivity contribution in [3.63, 3.8) is 0 Å². The van der Waals surface area contributed by atoms with Crippen LogP contribution >= 0.6 is 0 Å². The third kappa shape index (κ3) is 4.54. The molecule has 5 heteroatoms. The Morgan fingerprint density at radius 1 is 1.04 bits per heavy atom. The smallest absolute Gasteiger partial charge is 0.231 e. The van der Waals surface area contributed by atoms with E-state index in [1.54, 1.807) is 0 Å². The fraction of sp³-hybridized carbons (Fsp3) is 0.435. The molecular formula is C23H29N3O2. The Balaban J connectivity index is 1.29. The van der Waals surface area contributed by atoms with Gasteiger partial charge in [0.1, 0.15) is 12.4 Å². The quantitative estimate of drug-likeness (QED) is 0.867. The van der Waals surface area contributed by atoms with E-state index in [-0.39, 0.29) is 11.8 Å². The number of ether oxygens (including phenoxy) is 1. The summed E-state index contributed by atoms with van der Waals surface area (Å²) in [5, 5.41) is 3.05. The fourth-order valence-electron chi connectivity index (χ4n) is 3.96. The van der Waals surface area contributed by atoms with Crippen molar-refractivity contribution in [3.8, 4) is 5.75 Å². The average Bonchev–Trinajstić information content (AvgIpc) is 2.75. The van der Waals surface area contributed by atoms with Crippen molar-refractivity contribution in [2.75, 3.05) is 44.6 Å². The van der Waals surface area contributed by atoms with Gasteiger partial charge < -0.3 is 15.0 Å². The molecule has 0 spiro atoms. The predicted molar refractivity (Wildman–Crippen MR) is 112 cm³/mol. The molecule has 0 aliphatic carbocycles. The summed E-state index contributed by atoms with van der Waals surface area (Å²) in [5.41, 5.74) is 3.24. The van der Waals surface area contributed by atoms with Gasteiger partial charge in [-0.3, -0.25) is 9.69 Å². The third-order valence-electron chi connectivity index (χ3n) is 5.79. The first kappa shape index (κ1) is 19.0. The van der Waals surface area contributed by atoms with Gasteiger partial charge in [-0.1, -0.05) is 37.3 Å². The van der Waals surface area contributed by atoms with Crippen LogP contribution in [0.5, 0.6) is 5.75 Å². The summed E-state index contributed by atoms with van der Waals surface area (Å²) in [6, 6.07) is 16.2. The topological polar surface area (TPSA) is 44.8 Å². The largest absolute Gasteiger partial charge is 0.492 e. The van der Waals surface area contributed by atoms with Gasteiger partial charge >= 0.3 is 0 Å². The summed E-state index contributed by atoms with van der Waals surface area (Å²) in [6.45, 7) is 9.31. The maximum atomic E-state index is 12.6. The van der Waals surface area contributed by atoms with Crippen LogP contribution in [-0.2, 0) is 17.8 Å². The predicted octanol–water partition coefficient (Wildman–Crippen LogP) is 3.01. The normalized spacial score (nSPS) is 20.2. The highest BCUT2D eigenvalue weighted by Gasteiger charge is 2.25. The van der Waals surface area contributed by atoms with Crippen molar-refractivity contribution in [3.05, 3.63) is 59.7 Å². The van der Waals surface area contributed by atoms with Crippen molar-refractivity contribution < 1.29 is 9.53 Å². The van der Waals surface area contributed by atoms with E-state index >= 15 is 0 Å². The molecule has 1 atom stereocenters. The van der Waals surface area contributed by atoms with Gasteiger partial charge in [0.15, 0.2) is 0 Å². The molecule has 1 N–H and O–H groups in total. The number of fused-ring (bicyclic) bond motifs is 1. The lowest BCUT2D eigenvalue weighted by Crippen LogP contribution is -2.45. The SMILES string of the molecule is CCN1CCN(Cc2ccc(NC(=O)[C@H]3COc4ccccc4C3)cc2)CC1. The number of para-hydroxylation sites is 1. The highest BCUT2D eigenvalue weighted by molar-refractivity contribution is 5.93. The Labute approximate surface area is 167 Å². The van der Waals surface area contributed by atoms with E-state index in [4.69, 9.17) is 4.74 Å². The second-order valence-electron chi connectivity index (χ2n) is 7.72. The van der Waals surface area contributed by atoms with Gasteiger partial charge in [0.05, 0.1) is 5.92 Å². The zero-order valence-corrected chi connectivity index (χ0v) is 16.6. The van der Waals surface area contributed by atoms with Crippen molar-refractivity contribution in [1.29, 1.82) is 0 Å². The molecule has 2 heterocycles. The number of hydrogen-bond donors (Lipinski definition) is 1. The Bertz CT molecular complexity index is 798. The van der Waals surface area contributed by atoms with Crippen LogP contribution in [0.15, 0.2) is 48.5 Å². The standard InChI is InChI=1S/C23H29N3O2/c1-2-25-11-13-26(14-12-25)16-18-7-9-21(10-8-18)24-23(27)20-15-19-5-3-4-6-22(19)28-17-20/h3-10,20H,2,11-17H2,1H3,(H,24,27)/t20-/m1/s1. The van der Waals surface area contributed by atoms with E-state index in [1.807, 2.05) is 36.4 Å². The van der Waals surface area contributed by atoms with Crippen LogP contribution in [0.2, 0.25) is 0 Å². The van der Waals surface area contributed by atoms with Crippen molar-refractivity contribution in [2.45, 2.75) is 19.9 Å². The molecule has 0 unspecified atom stereocenters. The molecular weight excluding hydrogens is 350 g/mol. The van der Waals surface area contributed by atoms with Gasteiger partial charge in [-0.05, 0) is 42.3 Å². The molecule has 148 valence electrons. The maximum absolute atomic E-state index is 12.6.